The maximum Gasteiger partial charge on any atom is 0.138 e. The van der Waals surface area contributed by atoms with Gasteiger partial charge in [-0.1, -0.05) is 97.1 Å². The van der Waals surface area contributed by atoms with Crippen LogP contribution in [-0.2, 0) is 6.54 Å². The van der Waals surface area contributed by atoms with E-state index in [-0.39, 0.29) is 0 Å². The molecule has 1 aliphatic heterocycles. The van der Waals surface area contributed by atoms with Crippen LogP contribution in [0.4, 0.5) is 0 Å². The van der Waals surface area contributed by atoms with Gasteiger partial charge in [-0.15, -0.1) is 0 Å². The van der Waals surface area contributed by atoms with E-state index in [1.807, 2.05) is 24.5 Å². The topological polar surface area (TPSA) is 61.1 Å². The second kappa shape index (κ2) is 15.1. The van der Waals surface area contributed by atoms with Crippen molar-refractivity contribution in [2.45, 2.75) is 6.54 Å². The Morgan fingerprint density at radius 3 is 1.39 bits per heavy atom. The molecule has 0 aliphatic carbocycles. The highest BCUT2D eigenvalue weighted by Gasteiger charge is 2.20. The summed E-state index contributed by atoms with van der Waals surface area (Å²) in [4.78, 5) is 4.34. The number of hydrogen-bond acceptors (Lipinski definition) is 4. The Balaban J connectivity index is 0.853. The zero-order valence-electron chi connectivity index (χ0n) is 37.7. The summed E-state index contributed by atoms with van der Waals surface area (Å²) < 4.78 is 17.4. The Hall–Kier alpha value is -9.39. The molecule has 6 heterocycles. The third-order valence-corrected chi connectivity index (χ3v) is 14.5. The third kappa shape index (κ3) is 5.96. The summed E-state index contributed by atoms with van der Waals surface area (Å²) >= 11 is 0. The largest absolute Gasteiger partial charge is 0.456 e. The summed E-state index contributed by atoms with van der Waals surface area (Å²) in [5, 5.41) is 11.4. The fourth-order valence-electron chi connectivity index (χ4n) is 11.1. The molecule has 14 aromatic rings. The monoisotopic (exact) mass is 896 g/mol. The van der Waals surface area contributed by atoms with E-state index in [0.717, 1.165) is 107 Å². The number of furan rings is 2. The molecule has 0 radical (unpaired) electrons. The SMILES string of the molecule is C1=Cc2oc3cc(-c4ccc5c(c4)c4cc(-c6cccc(-c7ccc8c(c7)c7cc(-c9ccc%10c(c9)oc9ccncc9%10)ccc7n8-c7ccccc7)c6)ccc4n5-c4ccccc4)ccc3c2CN1. The normalized spacial score (nSPS) is 12.6. The van der Waals surface area contributed by atoms with Gasteiger partial charge in [-0.25, -0.2) is 0 Å². The lowest BCUT2D eigenvalue weighted by molar-refractivity contribution is 0.592. The molecule has 328 valence electrons. The van der Waals surface area contributed by atoms with Crippen LogP contribution in [-0.4, -0.2) is 14.1 Å². The average molecular weight is 897 g/mol. The van der Waals surface area contributed by atoms with Gasteiger partial charge in [0.15, 0.2) is 0 Å². The number of rotatable bonds is 6. The van der Waals surface area contributed by atoms with E-state index < -0.39 is 0 Å². The molecule has 0 amide bonds. The minimum atomic E-state index is 0.771. The van der Waals surface area contributed by atoms with Crippen molar-refractivity contribution in [2.75, 3.05) is 0 Å². The zero-order chi connectivity index (χ0) is 45.9. The van der Waals surface area contributed by atoms with Crippen LogP contribution < -0.4 is 5.32 Å². The van der Waals surface area contributed by atoms with Gasteiger partial charge in [0.25, 0.3) is 0 Å². The molecule has 0 spiro atoms. The molecule has 9 aromatic carbocycles. The number of para-hydroxylation sites is 2. The Kier molecular flexibility index (Phi) is 8.32. The van der Waals surface area contributed by atoms with Crippen LogP contribution in [0.15, 0.2) is 228 Å². The Labute approximate surface area is 401 Å². The van der Waals surface area contributed by atoms with Crippen molar-refractivity contribution in [2.24, 2.45) is 0 Å². The molecule has 6 nitrogen and oxygen atoms in total. The number of benzene rings is 9. The predicted molar refractivity (Wildman–Crippen MR) is 288 cm³/mol. The van der Waals surface area contributed by atoms with Crippen LogP contribution in [0.3, 0.4) is 0 Å². The molecule has 70 heavy (non-hydrogen) atoms. The highest BCUT2D eigenvalue weighted by atomic mass is 16.3. The van der Waals surface area contributed by atoms with Gasteiger partial charge in [-0.3, -0.25) is 4.98 Å². The Morgan fingerprint density at radius 1 is 0.371 bits per heavy atom. The van der Waals surface area contributed by atoms with Crippen molar-refractivity contribution in [3.8, 4) is 55.9 Å². The van der Waals surface area contributed by atoms with Crippen molar-refractivity contribution in [1.29, 1.82) is 0 Å². The molecule has 0 atom stereocenters. The smallest absolute Gasteiger partial charge is 0.138 e. The number of aromatic nitrogens is 3. The predicted octanol–water partition coefficient (Wildman–Crippen LogP) is 16.7. The molecule has 15 rings (SSSR count). The summed E-state index contributed by atoms with van der Waals surface area (Å²) in [6.45, 7) is 0.771. The number of pyridine rings is 1. The molecule has 0 saturated heterocycles. The molecular formula is C64H40N4O2. The number of fused-ring (bicyclic) bond motifs is 12. The summed E-state index contributed by atoms with van der Waals surface area (Å²) in [5.74, 6) is 0.932. The fraction of sp³-hybridized carbons (Fsp3) is 0.0156. The van der Waals surface area contributed by atoms with Gasteiger partial charge in [0.1, 0.15) is 22.5 Å². The minimum Gasteiger partial charge on any atom is -0.456 e. The van der Waals surface area contributed by atoms with Crippen molar-refractivity contribution in [3.05, 3.63) is 230 Å². The molecule has 0 unspecified atom stereocenters. The van der Waals surface area contributed by atoms with Crippen molar-refractivity contribution >= 4 is 82.6 Å². The van der Waals surface area contributed by atoms with Crippen molar-refractivity contribution in [1.82, 2.24) is 19.4 Å². The van der Waals surface area contributed by atoms with Crippen LogP contribution in [0.1, 0.15) is 11.3 Å². The Bertz CT molecular complexity index is 4470. The second-order valence-corrected chi connectivity index (χ2v) is 18.4. The van der Waals surface area contributed by atoms with Gasteiger partial charge in [0.2, 0.25) is 0 Å². The maximum atomic E-state index is 6.34. The minimum absolute atomic E-state index is 0.771. The molecular weight excluding hydrogens is 857 g/mol. The number of nitrogens with one attached hydrogen (secondary N) is 1. The molecule has 6 heteroatoms. The summed E-state index contributed by atoms with van der Waals surface area (Å²) in [6.07, 6.45) is 7.63. The quantitative estimate of drug-likeness (QED) is 0.181. The lowest BCUT2D eigenvalue weighted by Crippen LogP contribution is -2.08. The maximum absolute atomic E-state index is 6.34. The second-order valence-electron chi connectivity index (χ2n) is 18.4. The van der Waals surface area contributed by atoms with Crippen LogP contribution in [0, 0.1) is 0 Å². The van der Waals surface area contributed by atoms with Gasteiger partial charge in [-0.05, 0) is 154 Å². The number of hydrogen-bond donors (Lipinski definition) is 1. The Morgan fingerprint density at radius 2 is 0.843 bits per heavy atom. The fourth-order valence-corrected chi connectivity index (χ4v) is 11.1. The number of nitrogens with zero attached hydrogens (tertiary/aromatic N) is 3. The van der Waals surface area contributed by atoms with E-state index in [2.05, 4.69) is 214 Å². The highest BCUT2D eigenvalue weighted by Crippen LogP contribution is 2.42. The first-order valence-electron chi connectivity index (χ1n) is 23.8. The summed E-state index contributed by atoms with van der Waals surface area (Å²) in [6, 6.07) is 72.9. The van der Waals surface area contributed by atoms with Crippen LogP contribution in [0.5, 0.6) is 0 Å². The van der Waals surface area contributed by atoms with Crippen LogP contribution in [0.2, 0.25) is 0 Å². The van der Waals surface area contributed by atoms with E-state index in [9.17, 15) is 0 Å². The van der Waals surface area contributed by atoms with Gasteiger partial charge in [0.05, 0.1) is 22.1 Å². The molecule has 0 bridgehead atoms. The lowest BCUT2D eigenvalue weighted by Gasteiger charge is -2.10. The standard InChI is InChI=1S/C64H40N4O2/c1-3-10-47(11-4-1)67-57-22-16-41(31-51(57)53-33-43(18-24-59(53)67)45-14-20-49-55-37-65-28-26-61(55)69-63(49)35-45)39-8-7-9-40(30-39)42-17-23-58-52(32-42)54-34-44(19-25-60(54)68(58)48-12-5-2-6-13-48)46-15-21-50-56-38-66-29-27-62(56)70-64(50)36-46/h1-37,66H,38H2. The first kappa shape index (κ1) is 38.7. The third-order valence-electron chi connectivity index (χ3n) is 14.5. The van der Waals surface area contributed by atoms with Gasteiger partial charge in [-0.2, -0.15) is 0 Å². The van der Waals surface area contributed by atoms with E-state index in [4.69, 9.17) is 8.83 Å². The van der Waals surface area contributed by atoms with Crippen molar-refractivity contribution < 1.29 is 8.83 Å². The molecule has 1 aliphatic rings. The van der Waals surface area contributed by atoms with Crippen molar-refractivity contribution in [3.63, 3.8) is 0 Å². The van der Waals surface area contributed by atoms with Crippen LogP contribution >= 0.6 is 0 Å². The first-order valence-corrected chi connectivity index (χ1v) is 23.8. The van der Waals surface area contributed by atoms with E-state index in [1.54, 1.807) is 6.20 Å². The summed E-state index contributed by atoms with van der Waals surface area (Å²) in [5.41, 5.74) is 19.9. The van der Waals surface area contributed by atoms with Gasteiger partial charge < -0.3 is 23.3 Å². The average Bonchev–Trinajstić information content (AvgIpc) is 4.18. The van der Waals surface area contributed by atoms with E-state index in [1.165, 1.54) is 43.7 Å². The lowest BCUT2D eigenvalue weighted by atomic mass is 9.96. The summed E-state index contributed by atoms with van der Waals surface area (Å²) in [7, 11) is 0. The van der Waals surface area contributed by atoms with Gasteiger partial charge >= 0.3 is 0 Å². The zero-order valence-corrected chi connectivity index (χ0v) is 37.7. The van der Waals surface area contributed by atoms with E-state index in [0.29, 0.717) is 0 Å². The van der Waals surface area contributed by atoms with Crippen LogP contribution in [0.25, 0.3) is 138 Å². The van der Waals surface area contributed by atoms with E-state index >= 15 is 0 Å². The molecule has 1 N–H and O–H groups in total. The molecule has 5 aromatic heterocycles. The molecule has 0 saturated carbocycles. The van der Waals surface area contributed by atoms with Gasteiger partial charge in [0, 0.05) is 79.8 Å². The first-order chi connectivity index (χ1) is 34.7. The molecule has 0 fully saturated rings. The highest BCUT2D eigenvalue weighted by molar-refractivity contribution is 6.14.